The highest BCUT2D eigenvalue weighted by Crippen LogP contribution is 2.46. The van der Waals surface area contributed by atoms with Crippen molar-refractivity contribution in [2.24, 2.45) is 5.92 Å². The van der Waals surface area contributed by atoms with E-state index in [-0.39, 0.29) is 11.8 Å². The smallest absolute Gasteiger partial charge is 0.418 e. The number of carbonyl (C=O) groups is 2. The summed E-state index contributed by atoms with van der Waals surface area (Å²) in [5.74, 6) is -0.548. The third-order valence-electron chi connectivity index (χ3n) is 5.63. The molecule has 0 bridgehead atoms. The minimum absolute atomic E-state index is 0.227. The lowest BCUT2D eigenvalue weighted by molar-refractivity contribution is -0.132. The SMILES string of the molecule is CC(C)C(=O)N1C(=O)OC(c2ccccc2)(c2ccccc2)C1Cc1ccccc1. The molecule has 2 amide bonds. The quantitative estimate of drug-likeness (QED) is 0.594. The maximum atomic E-state index is 13.2. The van der Waals surface area contributed by atoms with Crippen LogP contribution in [-0.4, -0.2) is 22.9 Å². The van der Waals surface area contributed by atoms with Crippen molar-refractivity contribution in [3.63, 3.8) is 0 Å². The second-order valence-electron chi connectivity index (χ2n) is 7.90. The zero-order valence-electron chi connectivity index (χ0n) is 17.2. The van der Waals surface area contributed by atoms with Crippen molar-refractivity contribution < 1.29 is 14.3 Å². The van der Waals surface area contributed by atoms with Gasteiger partial charge in [-0.05, 0) is 12.0 Å². The number of hydrogen-bond donors (Lipinski definition) is 0. The normalized spacial score (nSPS) is 17.8. The van der Waals surface area contributed by atoms with Gasteiger partial charge in [-0.1, -0.05) is 105 Å². The van der Waals surface area contributed by atoms with Crippen LogP contribution in [0.1, 0.15) is 30.5 Å². The van der Waals surface area contributed by atoms with Crippen molar-refractivity contribution in [3.05, 3.63) is 108 Å². The van der Waals surface area contributed by atoms with E-state index in [2.05, 4.69) is 0 Å². The van der Waals surface area contributed by atoms with Gasteiger partial charge in [0.05, 0.1) is 6.04 Å². The average Bonchev–Trinajstić information content (AvgIpc) is 3.07. The zero-order valence-corrected chi connectivity index (χ0v) is 17.2. The van der Waals surface area contributed by atoms with Crippen LogP contribution >= 0.6 is 0 Å². The molecular formula is C26H25NO3. The van der Waals surface area contributed by atoms with Crippen molar-refractivity contribution in [1.82, 2.24) is 4.90 Å². The number of imide groups is 1. The Morgan fingerprint density at radius 2 is 1.33 bits per heavy atom. The second-order valence-corrected chi connectivity index (χ2v) is 7.90. The minimum atomic E-state index is -1.08. The van der Waals surface area contributed by atoms with Gasteiger partial charge < -0.3 is 4.74 Å². The number of nitrogens with zero attached hydrogens (tertiary/aromatic N) is 1. The predicted molar refractivity (Wildman–Crippen MR) is 116 cm³/mol. The molecular weight excluding hydrogens is 374 g/mol. The third-order valence-corrected chi connectivity index (χ3v) is 5.63. The summed E-state index contributed by atoms with van der Waals surface area (Å²) >= 11 is 0. The molecule has 1 unspecified atom stereocenters. The zero-order chi connectivity index (χ0) is 21.1. The molecule has 1 fully saturated rings. The minimum Gasteiger partial charge on any atom is -0.430 e. The lowest BCUT2D eigenvalue weighted by Gasteiger charge is -2.36. The Labute approximate surface area is 177 Å². The number of hydrogen-bond acceptors (Lipinski definition) is 3. The maximum Gasteiger partial charge on any atom is 0.418 e. The number of ether oxygens (including phenoxy) is 1. The Balaban J connectivity index is 1.94. The lowest BCUT2D eigenvalue weighted by atomic mass is 9.77. The fourth-order valence-electron chi connectivity index (χ4n) is 4.20. The van der Waals surface area contributed by atoms with Crippen LogP contribution in [0.2, 0.25) is 0 Å². The first kappa shape index (κ1) is 19.9. The number of rotatable bonds is 5. The summed E-state index contributed by atoms with van der Waals surface area (Å²) in [6.45, 7) is 3.61. The fraction of sp³-hybridized carbons (Fsp3) is 0.231. The monoisotopic (exact) mass is 399 g/mol. The van der Waals surface area contributed by atoms with Gasteiger partial charge in [-0.25, -0.2) is 9.69 Å². The van der Waals surface area contributed by atoms with Gasteiger partial charge in [-0.15, -0.1) is 0 Å². The molecule has 152 valence electrons. The number of carbonyl (C=O) groups excluding carboxylic acids is 2. The second kappa shape index (κ2) is 8.15. The van der Waals surface area contributed by atoms with E-state index in [0.717, 1.165) is 16.7 Å². The molecule has 3 aromatic rings. The molecule has 1 aliphatic rings. The fourth-order valence-corrected chi connectivity index (χ4v) is 4.20. The molecule has 4 heteroatoms. The van der Waals surface area contributed by atoms with E-state index in [1.807, 2.05) is 91.0 Å². The van der Waals surface area contributed by atoms with Crippen molar-refractivity contribution in [3.8, 4) is 0 Å². The first-order chi connectivity index (χ1) is 14.5. The Hall–Kier alpha value is -3.40. The Morgan fingerprint density at radius 3 is 1.80 bits per heavy atom. The lowest BCUT2D eigenvalue weighted by Crippen LogP contribution is -2.49. The third kappa shape index (κ3) is 3.39. The van der Waals surface area contributed by atoms with Gasteiger partial charge >= 0.3 is 6.09 Å². The topological polar surface area (TPSA) is 46.6 Å². The van der Waals surface area contributed by atoms with E-state index in [1.165, 1.54) is 4.90 Å². The van der Waals surface area contributed by atoms with Gasteiger partial charge in [0, 0.05) is 17.0 Å². The van der Waals surface area contributed by atoms with Crippen LogP contribution in [0.25, 0.3) is 0 Å². The van der Waals surface area contributed by atoms with Crippen LogP contribution in [-0.2, 0) is 21.6 Å². The molecule has 30 heavy (non-hydrogen) atoms. The predicted octanol–water partition coefficient (Wildman–Crippen LogP) is 5.18. The van der Waals surface area contributed by atoms with Crippen LogP contribution in [0.5, 0.6) is 0 Å². The first-order valence-electron chi connectivity index (χ1n) is 10.2. The number of amides is 2. The van der Waals surface area contributed by atoms with Gasteiger partial charge in [0.15, 0.2) is 5.60 Å². The summed E-state index contributed by atoms with van der Waals surface area (Å²) in [6, 6.07) is 28.8. The van der Waals surface area contributed by atoms with E-state index in [1.54, 1.807) is 13.8 Å². The molecule has 4 rings (SSSR count). The van der Waals surface area contributed by atoms with Gasteiger partial charge in [0.2, 0.25) is 5.91 Å². The van der Waals surface area contributed by atoms with Crippen molar-refractivity contribution >= 4 is 12.0 Å². The molecule has 1 heterocycles. The van der Waals surface area contributed by atoms with Gasteiger partial charge in [0.1, 0.15) is 0 Å². The Bertz CT molecular complexity index is 976. The van der Waals surface area contributed by atoms with Gasteiger partial charge in [0.25, 0.3) is 0 Å². The summed E-state index contributed by atoms with van der Waals surface area (Å²) in [7, 11) is 0. The first-order valence-corrected chi connectivity index (χ1v) is 10.2. The van der Waals surface area contributed by atoms with Crippen LogP contribution in [0.15, 0.2) is 91.0 Å². The number of benzene rings is 3. The summed E-state index contributed by atoms with van der Waals surface area (Å²) in [4.78, 5) is 27.6. The van der Waals surface area contributed by atoms with E-state index in [0.29, 0.717) is 6.42 Å². The summed E-state index contributed by atoms with van der Waals surface area (Å²) in [5.41, 5.74) is 1.66. The molecule has 0 saturated carbocycles. The molecule has 1 atom stereocenters. The van der Waals surface area contributed by atoms with Gasteiger partial charge in [-0.3, -0.25) is 4.79 Å². The molecule has 0 spiro atoms. The summed E-state index contributed by atoms with van der Waals surface area (Å²) in [5, 5.41) is 0. The van der Waals surface area contributed by atoms with Crippen LogP contribution in [0, 0.1) is 5.92 Å². The van der Waals surface area contributed by atoms with Crippen LogP contribution < -0.4 is 0 Å². The molecule has 1 aliphatic heterocycles. The Morgan fingerprint density at radius 1 is 0.867 bits per heavy atom. The molecule has 0 radical (unpaired) electrons. The largest absolute Gasteiger partial charge is 0.430 e. The molecule has 0 aromatic heterocycles. The highest BCUT2D eigenvalue weighted by Gasteiger charge is 2.58. The van der Waals surface area contributed by atoms with Crippen LogP contribution in [0.3, 0.4) is 0 Å². The van der Waals surface area contributed by atoms with E-state index >= 15 is 0 Å². The maximum absolute atomic E-state index is 13.2. The molecule has 4 nitrogen and oxygen atoms in total. The summed E-state index contributed by atoms with van der Waals surface area (Å²) < 4.78 is 6.16. The van der Waals surface area contributed by atoms with E-state index < -0.39 is 17.7 Å². The molecule has 0 aliphatic carbocycles. The number of cyclic esters (lactones) is 1. The van der Waals surface area contributed by atoms with E-state index in [4.69, 9.17) is 4.74 Å². The van der Waals surface area contributed by atoms with E-state index in [9.17, 15) is 9.59 Å². The molecule has 1 saturated heterocycles. The van der Waals surface area contributed by atoms with Gasteiger partial charge in [-0.2, -0.15) is 0 Å². The van der Waals surface area contributed by atoms with Crippen LogP contribution in [0.4, 0.5) is 4.79 Å². The highest BCUT2D eigenvalue weighted by molar-refractivity contribution is 5.95. The van der Waals surface area contributed by atoms with Crippen molar-refractivity contribution in [2.45, 2.75) is 31.9 Å². The van der Waals surface area contributed by atoms with Crippen molar-refractivity contribution in [1.29, 1.82) is 0 Å². The van der Waals surface area contributed by atoms with Crippen molar-refractivity contribution in [2.75, 3.05) is 0 Å². The highest BCUT2D eigenvalue weighted by atomic mass is 16.6. The molecule has 0 N–H and O–H groups in total. The summed E-state index contributed by atoms with van der Waals surface area (Å²) in [6.07, 6.45) is -0.100. The Kier molecular flexibility index (Phi) is 5.40. The standard InChI is InChI=1S/C26H25NO3/c1-19(2)24(28)27-23(18-20-12-6-3-7-13-20)26(30-25(27)29,21-14-8-4-9-15-21)22-16-10-5-11-17-22/h3-17,19,23H,18H2,1-2H3. The molecule has 3 aromatic carbocycles. The average molecular weight is 399 g/mol.